The van der Waals surface area contributed by atoms with Crippen LogP contribution in [0.3, 0.4) is 0 Å². The van der Waals surface area contributed by atoms with Gasteiger partial charge in [-0.3, -0.25) is 4.79 Å². The normalized spacial score (nSPS) is 15.5. The molecule has 0 spiro atoms. The Labute approximate surface area is 152 Å². The summed E-state index contributed by atoms with van der Waals surface area (Å²) >= 11 is 0. The van der Waals surface area contributed by atoms with Crippen LogP contribution in [0.25, 0.3) is 0 Å². The second-order valence-corrected chi connectivity index (χ2v) is 7.28. The molecule has 0 atom stereocenters. The molecule has 0 aliphatic carbocycles. The van der Waals surface area contributed by atoms with E-state index < -0.39 is 17.4 Å². The molecular weight excluding hydrogens is 341 g/mol. The molecule has 2 rings (SSSR count). The van der Waals surface area contributed by atoms with E-state index >= 15 is 0 Å². The molecule has 7 heteroatoms. The molecule has 142 valence electrons. The first kappa shape index (κ1) is 19.9. The fraction of sp³-hybridized carbons (Fsp3) is 0.526. The molecule has 1 aliphatic heterocycles. The van der Waals surface area contributed by atoms with Gasteiger partial charge in [0.05, 0.1) is 18.2 Å². The molecule has 0 unspecified atom stereocenters. The van der Waals surface area contributed by atoms with E-state index in [-0.39, 0.29) is 23.1 Å². The number of nitrogens with zero attached hydrogens (tertiary/aromatic N) is 1. The van der Waals surface area contributed by atoms with Gasteiger partial charge < -0.3 is 14.4 Å². The van der Waals surface area contributed by atoms with Crippen LogP contribution in [0.4, 0.5) is 9.18 Å². The minimum Gasteiger partial charge on any atom is -0.465 e. The predicted octanol–water partition coefficient (Wildman–Crippen LogP) is 3.54. The summed E-state index contributed by atoms with van der Waals surface area (Å²) in [4.78, 5) is 36.6. The average molecular weight is 365 g/mol. The quantitative estimate of drug-likeness (QED) is 0.605. The molecule has 1 fully saturated rings. The SMILES string of the molecule is COC(=O)c1ccc(C2CCN(C(=O)OC(C)(C)C)CC2)c(F)c1C=O. The molecule has 0 bridgehead atoms. The Balaban J connectivity index is 2.13. The van der Waals surface area contributed by atoms with Crippen LogP contribution in [0.1, 0.15) is 65.8 Å². The molecule has 0 aromatic heterocycles. The third kappa shape index (κ3) is 4.39. The van der Waals surface area contributed by atoms with Crippen molar-refractivity contribution in [3.8, 4) is 0 Å². The Bertz CT molecular complexity index is 703. The van der Waals surface area contributed by atoms with Crippen LogP contribution in [-0.2, 0) is 9.47 Å². The standard InChI is InChI=1S/C19H24FNO5/c1-19(2,3)26-18(24)21-9-7-12(8-10-21)13-5-6-14(17(23)25-4)15(11-22)16(13)20/h5-6,11-12H,7-10H2,1-4H3. The summed E-state index contributed by atoms with van der Waals surface area (Å²) in [5.41, 5.74) is -0.565. The van der Waals surface area contributed by atoms with Crippen molar-refractivity contribution >= 4 is 18.3 Å². The lowest BCUT2D eigenvalue weighted by atomic mass is 9.87. The smallest absolute Gasteiger partial charge is 0.410 e. The van der Waals surface area contributed by atoms with E-state index in [2.05, 4.69) is 4.74 Å². The second kappa shape index (κ2) is 7.85. The summed E-state index contributed by atoms with van der Waals surface area (Å²) in [7, 11) is 1.18. The molecule has 6 nitrogen and oxygen atoms in total. The van der Waals surface area contributed by atoms with E-state index in [1.54, 1.807) is 25.7 Å². The number of hydrogen-bond acceptors (Lipinski definition) is 5. The van der Waals surface area contributed by atoms with Gasteiger partial charge in [-0.25, -0.2) is 14.0 Å². The van der Waals surface area contributed by atoms with Crippen LogP contribution < -0.4 is 0 Å². The van der Waals surface area contributed by atoms with Crippen molar-refractivity contribution in [3.05, 3.63) is 34.6 Å². The van der Waals surface area contributed by atoms with E-state index in [1.807, 2.05) is 0 Å². The average Bonchev–Trinajstić information content (AvgIpc) is 2.59. The monoisotopic (exact) mass is 365 g/mol. The Morgan fingerprint density at radius 3 is 2.35 bits per heavy atom. The van der Waals surface area contributed by atoms with E-state index in [0.29, 0.717) is 37.8 Å². The van der Waals surface area contributed by atoms with Crippen molar-refractivity contribution < 1.29 is 28.2 Å². The zero-order valence-corrected chi connectivity index (χ0v) is 15.5. The number of halogens is 1. The Morgan fingerprint density at radius 1 is 1.23 bits per heavy atom. The number of amides is 1. The number of esters is 1. The number of aldehydes is 1. The van der Waals surface area contributed by atoms with E-state index in [9.17, 15) is 18.8 Å². The van der Waals surface area contributed by atoms with Crippen molar-refractivity contribution in [2.75, 3.05) is 20.2 Å². The number of piperidine rings is 1. The van der Waals surface area contributed by atoms with E-state index in [1.165, 1.54) is 19.2 Å². The van der Waals surface area contributed by atoms with Gasteiger partial charge in [0.25, 0.3) is 0 Å². The molecule has 0 radical (unpaired) electrons. The molecule has 1 aromatic rings. The zero-order valence-electron chi connectivity index (χ0n) is 15.5. The van der Waals surface area contributed by atoms with Crippen molar-refractivity contribution in [3.63, 3.8) is 0 Å². The molecule has 1 heterocycles. The van der Waals surface area contributed by atoms with Gasteiger partial charge in [-0.15, -0.1) is 0 Å². The van der Waals surface area contributed by atoms with Gasteiger partial charge in [0.2, 0.25) is 0 Å². The van der Waals surface area contributed by atoms with Gasteiger partial charge in [-0.05, 0) is 51.2 Å². The molecule has 1 aliphatic rings. The Morgan fingerprint density at radius 2 is 1.85 bits per heavy atom. The van der Waals surface area contributed by atoms with Gasteiger partial charge >= 0.3 is 12.1 Å². The third-order valence-corrected chi connectivity index (χ3v) is 4.32. The summed E-state index contributed by atoms with van der Waals surface area (Å²) < 4.78 is 24.7. The van der Waals surface area contributed by atoms with Crippen LogP contribution in [0.5, 0.6) is 0 Å². The first-order valence-electron chi connectivity index (χ1n) is 8.51. The van der Waals surface area contributed by atoms with Gasteiger partial charge in [0, 0.05) is 13.1 Å². The van der Waals surface area contributed by atoms with Crippen LogP contribution in [-0.4, -0.2) is 49.0 Å². The number of likely N-dealkylation sites (tertiary alicyclic amines) is 1. The predicted molar refractivity (Wildman–Crippen MR) is 92.9 cm³/mol. The number of carbonyl (C=O) groups is 3. The van der Waals surface area contributed by atoms with Gasteiger partial charge in [0.1, 0.15) is 11.4 Å². The highest BCUT2D eigenvalue weighted by molar-refractivity contribution is 5.98. The topological polar surface area (TPSA) is 72.9 Å². The number of methoxy groups -OCH3 is 1. The summed E-state index contributed by atoms with van der Waals surface area (Å²) in [6, 6.07) is 2.93. The molecule has 0 saturated carbocycles. The molecule has 26 heavy (non-hydrogen) atoms. The summed E-state index contributed by atoms with van der Waals surface area (Å²) in [5.74, 6) is -1.59. The molecule has 1 aromatic carbocycles. The minimum absolute atomic E-state index is 0.0880. The number of rotatable bonds is 3. The number of ether oxygens (including phenoxy) is 2. The summed E-state index contributed by atoms with van der Waals surface area (Å²) in [5, 5.41) is 0. The highest BCUT2D eigenvalue weighted by Gasteiger charge is 2.30. The molecule has 0 N–H and O–H groups in total. The van der Waals surface area contributed by atoms with Crippen LogP contribution in [0.2, 0.25) is 0 Å². The molecular formula is C19H24FNO5. The summed E-state index contributed by atoms with van der Waals surface area (Å²) in [6.45, 7) is 6.28. The Hall–Kier alpha value is -2.44. The molecule has 1 saturated heterocycles. The van der Waals surface area contributed by atoms with Crippen molar-refractivity contribution in [1.29, 1.82) is 0 Å². The first-order chi connectivity index (χ1) is 12.2. The maximum atomic E-state index is 14.7. The third-order valence-electron chi connectivity index (χ3n) is 4.32. The van der Waals surface area contributed by atoms with E-state index in [0.717, 1.165) is 0 Å². The highest BCUT2D eigenvalue weighted by atomic mass is 19.1. The van der Waals surface area contributed by atoms with Crippen molar-refractivity contribution in [2.45, 2.75) is 45.1 Å². The van der Waals surface area contributed by atoms with E-state index in [4.69, 9.17) is 4.74 Å². The lowest BCUT2D eigenvalue weighted by Gasteiger charge is -2.33. The number of carbonyl (C=O) groups excluding carboxylic acids is 3. The minimum atomic E-state index is -0.753. The first-order valence-corrected chi connectivity index (χ1v) is 8.51. The van der Waals surface area contributed by atoms with Crippen LogP contribution in [0, 0.1) is 5.82 Å². The maximum Gasteiger partial charge on any atom is 0.410 e. The van der Waals surface area contributed by atoms with Gasteiger partial charge in [-0.2, -0.15) is 0 Å². The summed E-state index contributed by atoms with van der Waals surface area (Å²) in [6.07, 6.45) is 1.05. The maximum absolute atomic E-state index is 14.7. The number of benzene rings is 1. The lowest BCUT2D eigenvalue weighted by Crippen LogP contribution is -2.41. The van der Waals surface area contributed by atoms with Crippen molar-refractivity contribution in [1.82, 2.24) is 4.90 Å². The van der Waals surface area contributed by atoms with Crippen LogP contribution >= 0.6 is 0 Å². The van der Waals surface area contributed by atoms with Crippen LogP contribution in [0.15, 0.2) is 12.1 Å². The fourth-order valence-electron chi connectivity index (χ4n) is 3.03. The molecule has 1 amide bonds. The Kier molecular flexibility index (Phi) is 6.00. The fourth-order valence-corrected chi connectivity index (χ4v) is 3.03. The van der Waals surface area contributed by atoms with Crippen molar-refractivity contribution in [2.24, 2.45) is 0 Å². The second-order valence-electron chi connectivity index (χ2n) is 7.28. The largest absolute Gasteiger partial charge is 0.465 e. The van der Waals surface area contributed by atoms with Gasteiger partial charge in [-0.1, -0.05) is 6.07 Å². The number of hydrogen-bond donors (Lipinski definition) is 0. The zero-order chi connectivity index (χ0) is 19.5. The lowest BCUT2D eigenvalue weighted by molar-refractivity contribution is 0.0204. The van der Waals surface area contributed by atoms with Gasteiger partial charge in [0.15, 0.2) is 6.29 Å². The highest BCUT2D eigenvalue weighted by Crippen LogP contribution is 2.32.